The monoisotopic (exact) mass is 434 g/mol. The molecule has 3 atom stereocenters. The number of guanidine groups is 1. The Kier molecular flexibility index (Phi) is 6.07. The van der Waals surface area contributed by atoms with Crippen LogP contribution in [0.5, 0.6) is 0 Å². The van der Waals surface area contributed by atoms with E-state index in [0.717, 1.165) is 37.4 Å². The van der Waals surface area contributed by atoms with Gasteiger partial charge < -0.3 is 15.4 Å². The van der Waals surface area contributed by atoms with Crippen molar-refractivity contribution in [2.45, 2.75) is 69.2 Å². The molecule has 5 nitrogen and oxygen atoms in total. The van der Waals surface area contributed by atoms with Crippen molar-refractivity contribution >= 4 is 29.9 Å². The normalized spacial score (nSPS) is 33.0. The molecule has 2 saturated carbocycles. The third-order valence-corrected chi connectivity index (χ3v) is 5.60. The first-order valence-electron chi connectivity index (χ1n) is 9.18. The lowest BCUT2D eigenvalue weighted by Crippen LogP contribution is -2.49. The van der Waals surface area contributed by atoms with E-state index in [1.54, 1.807) is 0 Å². The summed E-state index contributed by atoms with van der Waals surface area (Å²) in [7, 11) is 1.87. The predicted octanol–water partition coefficient (Wildman–Crippen LogP) is 1.96. The molecule has 2 N–H and O–H groups in total. The first-order valence-corrected chi connectivity index (χ1v) is 9.18. The zero-order valence-electron chi connectivity index (χ0n) is 14.2. The Morgan fingerprint density at radius 1 is 1.17 bits per heavy atom. The summed E-state index contributed by atoms with van der Waals surface area (Å²) in [4.78, 5) is 7.08. The first kappa shape index (κ1) is 17.7. The number of fused-ring (bicyclic) bond motifs is 2. The van der Waals surface area contributed by atoms with Crippen LogP contribution in [0.15, 0.2) is 4.99 Å². The zero-order chi connectivity index (χ0) is 14.9. The van der Waals surface area contributed by atoms with Gasteiger partial charge in [-0.1, -0.05) is 0 Å². The van der Waals surface area contributed by atoms with Crippen LogP contribution in [0, 0.1) is 5.92 Å². The van der Waals surface area contributed by atoms with Crippen LogP contribution < -0.4 is 10.6 Å². The van der Waals surface area contributed by atoms with E-state index in [1.807, 2.05) is 7.05 Å². The molecule has 2 aliphatic carbocycles. The summed E-state index contributed by atoms with van der Waals surface area (Å²) < 4.78 is 5.91. The molecule has 2 saturated heterocycles. The predicted molar refractivity (Wildman–Crippen MR) is 104 cm³/mol. The van der Waals surface area contributed by atoms with E-state index in [0.29, 0.717) is 18.2 Å². The second-order valence-corrected chi connectivity index (χ2v) is 7.53. The van der Waals surface area contributed by atoms with Crippen molar-refractivity contribution in [1.29, 1.82) is 0 Å². The molecule has 4 rings (SSSR count). The Hall–Kier alpha value is -0.0800. The molecule has 2 bridgehead atoms. The number of nitrogens with zero attached hydrogens (tertiary/aromatic N) is 2. The summed E-state index contributed by atoms with van der Waals surface area (Å²) in [5.74, 6) is 1.94. The molecule has 6 heteroatoms. The molecule has 4 fully saturated rings. The highest BCUT2D eigenvalue weighted by Crippen LogP contribution is 2.35. The van der Waals surface area contributed by atoms with Crippen molar-refractivity contribution in [2.24, 2.45) is 10.9 Å². The summed E-state index contributed by atoms with van der Waals surface area (Å²) in [5, 5.41) is 7.07. The summed E-state index contributed by atoms with van der Waals surface area (Å²) in [6.45, 7) is 3.46. The van der Waals surface area contributed by atoms with Crippen LogP contribution in [0.25, 0.3) is 0 Å². The smallest absolute Gasteiger partial charge is 0.191 e. The lowest BCUT2D eigenvalue weighted by molar-refractivity contribution is 0.0992. The molecule has 0 aromatic rings. The Morgan fingerprint density at radius 3 is 2.57 bits per heavy atom. The van der Waals surface area contributed by atoms with Gasteiger partial charge in [-0.2, -0.15) is 0 Å². The largest absolute Gasteiger partial charge is 0.373 e. The lowest BCUT2D eigenvalue weighted by Gasteiger charge is -2.25. The van der Waals surface area contributed by atoms with E-state index in [1.165, 1.54) is 45.1 Å². The lowest BCUT2D eigenvalue weighted by atomic mass is 9.96. The Bertz CT molecular complexity index is 425. The van der Waals surface area contributed by atoms with Gasteiger partial charge in [0.2, 0.25) is 0 Å². The number of aliphatic imine (C=N–C) groups is 1. The Labute approximate surface area is 157 Å². The summed E-state index contributed by atoms with van der Waals surface area (Å²) in [6, 6.07) is 1.33. The fourth-order valence-corrected chi connectivity index (χ4v) is 3.97. The second kappa shape index (κ2) is 7.87. The molecule has 0 amide bonds. The minimum absolute atomic E-state index is 0. The molecular weight excluding hydrogens is 403 g/mol. The van der Waals surface area contributed by atoms with Crippen LogP contribution in [-0.2, 0) is 4.74 Å². The van der Waals surface area contributed by atoms with Gasteiger partial charge in [-0.05, 0) is 50.9 Å². The standard InChI is InChI=1S/C17H30N4O.HI/c1-18-17(20-15-10-14-6-7-16(15)22-14)19-8-9-21(13-4-5-13)11-12-2-3-12;/h12-16H,2-11H2,1H3,(H2,18,19,20);1H. The molecule has 3 unspecified atom stereocenters. The van der Waals surface area contributed by atoms with Gasteiger partial charge in [-0.15, -0.1) is 24.0 Å². The van der Waals surface area contributed by atoms with Crippen molar-refractivity contribution in [1.82, 2.24) is 15.5 Å². The number of nitrogens with one attached hydrogen (secondary N) is 2. The highest BCUT2D eigenvalue weighted by atomic mass is 127. The Balaban J connectivity index is 0.00000156. The highest BCUT2D eigenvalue weighted by molar-refractivity contribution is 14.0. The highest BCUT2D eigenvalue weighted by Gasteiger charge is 2.41. The molecule has 2 aliphatic heterocycles. The third-order valence-electron chi connectivity index (χ3n) is 5.60. The maximum absolute atomic E-state index is 5.91. The van der Waals surface area contributed by atoms with E-state index in [2.05, 4.69) is 20.5 Å². The van der Waals surface area contributed by atoms with Gasteiger partial charge in [0.1, 0.15) is 0 Å². The first-order chi connectivity index (χ1) is 10.8. The summed E-state index contributed by atoms with van der Waals surface area (Å²) >= 11 is 0. The molecule has 0 aromatic carbocycles. The van der Waals surface area contributed by atoms with Crippen LogP contribution in [0.3, 0.4) is 0 Å². The zero-order valence-corrected chi connectivity index (χ0v) is 16.5. The van der Waals surface area contributed by atoms with Crippen LogP contribution in [0.2, 0.25) is 0 Å². The number of rotatable bonds is 7. The van der Waals surface area contributed by atoms with Gasteiger partial charge >= 0.3 is 0 Å². The summed E-state index contributed by atoms with van der Waals surface area (Å²) in [5.41, 5.74) is 0. The quantitative estimate of drug-likeness (QED) is 0.366. The van der Waals surface area contributed by atoms with E-state index < -0.39 is 0 Å². The average molecular weight is 434 g/mol. The second-order valence-electron chi connectivity index (χ2n) is 7.53. The molecule has 23 heavy (non-hydrogen) atoms. The molecule has 4 aliphatic rings. The van der Waals surface area contributed by atoms with E-state index in [-0.39, 0.29) is 24.0 Å². The number of hydrogen-bond donors (Lipinski definition) is 2. The minimum Gasteiger partial charge on any atom is -0.373 e. The molecule has 0 spiro atoms. The molecule has 132 valence electrons. The van der Waals surface area contributed by atoms with Crippen LogP contribution in [-0.4, -0.2) is 61.8 Å². The van der Waals surface area contributed by atoms with Crippen molar-refractivity contribution in [3.63, 3.8) is 0 Å². The number of hydrogen-bond acceptors (Lipinski definition) is 3. The molecule has 0 aromatic heterocycles. The Morgan fingerprint density at radius 2 is 2.00 bits per heavy atom. The van der Waals surface area contributed by atoms with Gasteiger partial charge in [-0.3, -0.25) is 9.89 Å². The van der Waals surface area contributed by atoms with Crippen molar-refractivity contribution < 1.29 is 4.74 Å². The number of ether oxygens (including phenoxy) is 1. The van der Waals surface area contributed by atoms with Crippen molar-refractivity contribution in [2.75, 3.05) is 26.7 Å². The fraction of sp³-hybridized carbons (Fsp3) is 0.941. The van der Waals surface area contributed by atoms with E-state index in [9.17, 15) is 0 Å². The fourth-order valence-electron chi connectivity index (χ4n) is 3.97. The summed E-state index contributed by atoms with van der Waals surface area (Å²) in [6.07, 6.45) is 10.2. The van der Waals surface area contributed by atoms with Gasteiger partial charge in [0.25, 0.3) is 0 Å². The van der Waals surface area contributed by atoms with Crippen LogP contribution >= 0.6 is 24.0 Å². The van der Waals surface area contributed by atoms with Gasteiger partial charge in [0, 0.05) is 32.7 Å². The van der Waals surface area contributed by atoms with Gasteiger partial charge in [0.05, 0.1) is 18.2 Å². The van der Waals surface area contributed by atoms with Gasteiger partial charge in [-0.25, -0.2) is 0 Å². The van der Waals surface area contributed by atoms with E-state index >= 15 is 0 Å². The SMILES string of the molecule is CN=C(NCCN(CC1CC1)C1CC1)NC1CC2CCC1O2.I. The van der Waals surface area contributed by atoms with E-state index in [4.69, 9.17) is 4.74 Å². The van der Waals surface area contributed by atoms with Crippen LogP contribution in [0.4, 0.5) is 0 Å². The number of halogens is 1. The van der Waals surface area contributed by atoms with Gasteiger partial charge in [0.15, 0.2) is 5.96 Å². The topological polar surface area (TPSA) is 48.9 Å². The molecule has 2 heterocycles. The van der Waals surface area contributed by atoms with Crippen molar-refractivity contribution in [3.05, 3.63) is 0 Å². The maximum Gasteiger partial charge on any atom is 0.191 e. The molecular formula is C17H31IN4O. The third kappa shape index (κ3) is 4.72. The average Bonchev–Trinajstić information content (AvgIpc) is 3.45. The molecule has 0 radical (unpaired) electrons. The van der Waals surface area contributed by atoms with Crippen molar-refractivity contribution in [3.8, 4) is 0 Å². The van der Waals surface area contributed by atoms with Crippen LogP contribution in [0.1, 0.15) is 44.9 Å². The maximum atomic E-state index is 5.91. The minimum atomic E-state index is 0.